The molecule has 1 amide bonds. The molecular formula is C13H14F3NO4. The zero-order valence-corrected chi connectivity index (χ0v) is 10.9. The molecule has 0 bridgehead atoms. The Morgan fingerprint density at radius 1 is 1.19 bits per heavy atom. The van der Waals surface area contributed by atoms with Crippen LogP contribution in [-0.4, -0.2) is 29.8 Å². The number of hydrogen-bond acceptors (Lipinski definition) is 3. The Balaban J connectivity index is 2.37. The van der Waals surface area contributed by atoms with Crippen molar-refractivity contribution in [1.29, 1.82) is 0 Å². The number of alkyl halides is 3. The van der Waals surface area contributed by atoms with Gasteiger partial charge in [-0.1, -0.05) is 12.1 Å². The minimum atomic E-state index is -4.90. The first-order valence-electron chi connectivity index (χ1n) is 6.07. The van der Waals surface area contributed by atoms with E-state index >= 15 is 0 Å². The molecule has 0 aromatic heterocycles. The highest BCUT2D eigenvalue weighted by molar-refractivity contribution is 5.81. The molecule has 0 spiro atoms. The zero-order valence-electron chi connectivity index (χ0n) is 10.9. The second-order valence-corrected chi connectivity index (χ2v) is 4.17. The minimum absolute atomic E-state index is 0.00155. The lowest BCUT2D eigenvalue weighted by Gasteiger charge is -2.09. The molecule has 0 unspecified atom stereocenters. The molecule has 1 aromatic carbocycles. The van der Waals surface area contributed by atoms with Crippen LogP contribution in [0.25, 0.3) is 0 Å². The molecular weight excluding hydrogens is 291 g/mol. The van der Waals surface area contributed by atoms with Gasteiger partial charge in [-0.15, -0.1) is 0 Å². The van der Waals surface area contributed by atoms with Crippen molar-refractivity contribution in [2.75, 3.05) is 6.61 Å². The molecule has 21 heavy (non-hydrogen) atoms. The van der Waals surface area contributed by atoms with Crippen molar-refractivity contribution in [3.8, 4) is 5.75 Å². The fourth-order valence-corrected chi connectivity index (χ4v) is 1.40. The Morgan fingerprint density at radius 3 is 2.33 bits per heavy atom. The van der Waals surface area contributed by atoms with E-state index < -0.39 is 18.1 Å². The van der Waals surface area contributed by atoms with Crippen molar-refractivity contribution in [2.45, 2.75) is 25.6 Å². The Labute approximate surface area is 118 Å². The number of carbonyl (C=O) groups excluding carboxylic acids is 1. The van der Waals surface area contributed by atoms with Gasteiger partial charge in [0.25, 0.3) is 0 Å². The Kier molecular flexibility index (Phi) is 6.01. The van der Waals surface area contributed by atoms with E-state index in [1.54, 1.807) is 5.32 Å². The summed E-state index contributed by atoms with van der Waals surface area (Å²) in [5, 5.41) is 10.2. The summed E-state index contributed by atoms with van der Waals surface area (Å²) in [5.74, 6) is -2.42. The predicted molar refractivity (Wildman–Crippen MR) is 66.7 cm³/mol. The lowest BCUT2D eigenvalue weighted by atomic mass is 10.2. The summed E-state index contributed by atoms with van der Waals surface area (Å²) >= 11 is 0. The highest BCUT2D eigenvalue weighted by Crippen LogP contribution is 2.16. The smallest absolute Gasteiger partial charge is 0.471 e. The molecule has 0 radical (unpaired) electrons. The van der Waals surface area contributed by atoms with Gasteiger partial charge in [0, 0.05) is 13.0 Å². The number of rotatable bonds is 7. The van der Waals surface area contributed by atoms with Gasteiger partial charge in [-0.2, -0.15) is 13.2 Å². The first kappa shape index (κ1) is 16.8. The van der Waals surface area contributed by atoms with Crippen LogP contribution >= 0.6 is 0 Å². The van der Waals surface area contributed by atoms with E-state index in [1.165, 1.54) is 24.3 Å². The Morgan fingerprint density at radius 2 is 1.81 bits per heavy atom. The molecule has 0 aliphatic heterocycles. The molecule has 8 heteroatoms. The normalized spacial score (nSPS) is 11.0. The average molecular weight is 305 g/mol. The molecule has 0 fully saturated rings. The lowest BCUT2D eigenvalue weighted by Crippen LogP contribution is -2.36. The molecule has 0 heterocycles. The fourth-order valence-electron chi connectivity index (χ4n) is 1.40. The van der Waals surface area contributed by atoms with Crippen molar-refractivity contribution in [3.05, 3.63) is 29.8 Å². The Hall–Kier alpha value is -2.25. The molecule has 5 nitrogen and oxygen atoms in total. The maximum absolute atomic E-state index is 12.0. The second kappa shape index (κ2) is 7.51. The van der Waals surface area contributed by atoms with Gasteiger partial charge in [0.15, 0.2) is 0 Å². The topological polar surface area (TPSA) is 75.6 Å². The van der Waals surface area contributed by atoms with Gasteiger partial charge in [-0.3, -0.25) is 9.59 Å². The summed E-state index contributed by atoms with van der Waals surface area (Å²) in [7, 11) is 0. The molecule has 0 aliphatic rings. The Bertz CT molecular complexity index is 485. The third-order valence-corrected chi connectivity index (χ3v) is 2.44. The first-order chi connectivity index (χ1) is 9.79. The van der Waals surface area contributed by atoms with Crippen molar-refractivity contribution in [2.24, 2.45) is 0 Å². The summed E-state index contributed by atoms with van der Waals surface area (Å²) in [4.78, 5) is 20.9. The SMILES string of the molecule is O=C(O)CCCOc1ccc(CNC(=O)C(F)(F)F)cc1. The summed E-state index contributed by atoms with van der Waals surface area (Å²) < 4.78 is 41.2. The van der Waals surface area contributed by atoms with E-state index in [0.29, 0.717) is 17.7 Å². The van der Waals surface area contributed by atoms with E-state index in [-0.39, 0.29) is 19.6 Å². The molecule has 0 saturated heterocycles. The van der Waals surface area contributed by atoms with Crippen LogP contribution in [-0.2, 0) is 16.1 Å². The molecule has 0 aliphatic carbocycles. The number of ether oxygens (including phenoxy) is 1. The fraction of sp³-hybridized carbons (Fsp3) is 0.385. The molecule has 1 aromatic rings. The third kappa shape index (κ3) is 6.64. The lowest BCUT2D eigenvalue weighted by molar-refractivity contribution is -0.173. The van der Waals surface area contributed by atoms with E-state index in [1.807, 2.05) is 0 Å². The summed E-state index contributed by atoms with van der Waals surface area (Å²) in [6.45, 7) is -0.00586. The standard InChI is InChI=1S/C13H14F3NO4/c14-13(15,16)12(20)17-8-9-3-5-10(6-4-9)21-7-1-2-11(18)19/h3-6H,1-2,7-8H2,(H,17,20)(H,18,19). The number of hydrogen-bond donors (Lipinski definition) is 2. The number of nitrogens with one attached hydrogen (secondary N) is 1. The average Bonchev–Trinajstić information content (AvgIpc) is 2.41. The van der Waals surface area contributed by atoms with Crippen molar-refractivity contribution in [1.82, 2.24) is 5.32 Å². The highest BCUT2D eigenvalue weighted by Gasteiger charge is 2.38. The van der Waals surface area contributed by atoms with Crippen LogP contribution in [0.5, 0.6) is 5.75 Å². The van der Waals surface area contributed by atoms with Crippen LogP contribution in [0.3, 0.4) is 0 Å². The predicted octanol–water partition coefficient (Wildman–Crippen LogP) is 2.11. The second-order valence-electron chi connectivity index (χ2n) is 4.17. The van der Waals surface area contributed by atoms with Gasteiger partial charge >= 0.3 is 18.1 Å². The number of aliphatic carboxylic acids is 1. The number of benzene rings is 1. The van der Waals surface area contributed by atoms with E-state index in [4.69, 9.17) is 9.84 Å². The molecule has 0 atom stereocenters. The number of carbonyl (C=O) groups is 2. The zero-order chi connectivity index (χ0) is 15.9. The van der Waals surface area contributed by atoms with Crippen LogP contribution in [0.4, 0.5) is 13.2 Å². The van der Waals surface area contributed by atoms with Crippen LogP contribution in [0.1, 0.15) is 18.4 Å². The van der Waals surface area contributed by atoms with Gasteiger partial charge in [0.05, 0.1) is 6.61 Å². The highest BCUT2D eigenvalue weighted by atomic mass is 19.4. The summed E-state index contributed by atoms with van der Waals surface area (Å²) in [5.41, 5.74) is 0.491. The quantitative estimate of drug-likeness (QED) is 0.757. The number of carboxylic acids is 1. The summed E-state index contributed by atoms with van der Waals surface area (Å²) in [6, 6.07) is 6.11. The molecule has 2 N–H and O–H groups in total. The van der Waals surface area contributed by atoms with E-state index in [9.17, 15) is 22.8 Å². The summed E-state index contributed by atoms with van der Waals surface area (Å²) in [6.07, 6.45) is -4.53. The van der Waals surface area contributed by atoms with Gasteiger partial charge in [-0.25, -0.2) is 0 Å². The number of halogens is 3. The van der Waals surface area contributed by atoms with Crippen molar-refractivity contribution >= 4 is 11.9 Å². The minimum Gasteiger partial charge on any atom is -0.494 e. The van der Waals surface area contributed by atoms with Gasteiger partial charge < -0.3 is 15.2 Å². The van der Waals surface area contributed by atoms with Crippen molar-refractivity contribution in [3.63, 3.8) is 0 Å². The van der Waals surface area contributed by atoms with E-state index in [2.05, 4.69) is 0 Å². The van der Waals surface area contributed by atoms with Crippen LogP contribution in [0, 0.1) is 0 Å². The third-order valence-electron chi connectivity index (χ3n) is 2.44. The number of amides is 1. The van der Waals surface area contributed by atoms with Gasteiger partial charge in [0.2, 0.25) is 0 Å². The number of carboxylic acid groups (broad SMARTS) is 1. The largest absolute Gasteiger partial charge is 0.494 e. The van der Waals surface area contributed by atoms with E-state index in [0.717, 1.165) is 0 Å². The molecule has 0 saturated carbocycles. The first-order valence-corrected chi connectivity index (χ1v) is 6.07. The molecule has 116 valence electrons. The van der Waals surface area contributed by atoms with Gasteiger partial charge in [-0.05, 0) is 24.1 Å². The van der Waals surface area contributed by atoms with Crippen LogP contribution in [0.2, 0.25) is 0 Å². The maximum Gasteiger partial charge on any atom is 0.471 e. The van der Waals surface area contributed by atoms with Crippen molar-refractivity contribution < 1.29 is 32.6 Å². The monoisotopic (exact) mass is 305 g/mol. The van der Waals surface area contributed by atoms with Crippen LogP contribution in [0.15, 0.2) is 24.3 Å². The molecule has 1 rings (SSSR count). The maximum atomic E-state index is 12.0. The van der Waals surface area contributed by atoms with Gasteiger partial charge in [0.1, 0.15) is 5.75 Å². The van der Waals surface area contributed by atoms with Crippen LogP contribution < -0.4 is 10.1 Å².